The van der Waals surface area contributed by atoms with Crippen molar-refractivity contribution in [3.63, 3.8) is 0 Å². The van der Waals surface area contributed by atoms with E-state index in [0.29, 0.717) is 0 Å². The molecule has 1 aromatic heterocycles. The fraction of sp³-hybridized carbons (Fsp3) is 0.421. The number of nitrogens with zero attached hydrogens (tertiary/aromatic N) is 3. The number of hydrogen-bond acceptors (Lipinski definition) is 4. The zero-order valence-corrected chi connectivity index (χ0v) is 14.7. The van der Waals surface area contributed by atoms with E-state index in [4.69, 9.17) is 5.11 Å². The van der Waals surface area contributed by atoms with Gasteiger partial charge in [0.25, 0.3) is 0 Å². The number of carbonyl (C=O) groups is 2. The van der Waals surface area contributed by atoms with Gasteiger partial charge >= 0.3 is 5.97 Å². The van der Waals surface area contributed by atoms with E-state index in [9.17, 15) is 9.59 Å². The fourth-order valence-corrected chi connectivity index (χ4v) is 3.19. The molecule has 0 unspecified atom stereocenters. The average Bonchev–Trinajstić information content (AvgIpc) is 3.11. The van der Waals surface area contributed by atoms with E-state index < -0.39 is 5.97 Å². The van der Waals surface area contributed by atoms with Crippen molar-refractivity contribution in [2.75, 3.05) is 18.4 Å². The first-order valence-corrected chi connectivity index (χ1v) is 8.98. The Bertz CT molecular complexity index is 748. The highest BCUT2D eigenvalue weighted by atomic mass is 16.4. The van der Waals surface area contributed by atoms with Crippen molar-refractivity contribution in [1.82, 2.24) is 14.7 Å². The number of aromatic nitrogens is 2. The largest absolute Gasteiger partial charge is 0.477 e. The molecule has 1 aliphatic rings. The van der Waals surface area contributed by atoms with E-state index >= 15 is 0 Å². The number of likely N-dealkylation sites (tertiary alicyclic amines) is 1. The summed E-state index contributed by atoms with van der Waals surface area (Å²) in [5.74, 6) is -1.21. The van der Waals surface area contributed by atoms with Crippen LogP contribution >= 0.6 is 0 Å². The second-order valence-corrected chi connectivity index (χ2v) is 6.58. The second-order valence-electron chi connectivity index (χ2n) is 6.58. The molecule has 1 amide bonds. The summed E-state index contributed by atoms with van der Waals surface area (Å²) in [6.07, 6.45) is 5.45. The van der Waals surface area contributed by atoms with Gasteiger partial charge in [-0.1, -0.05) is 18.6 Å². The third-order valence-corrected chi connectivity index (χ3v) is 4.58. The molecule has 0 aliphatic carbocycles. The smallest absolute Gasteiger partial charge is 0.354 e. The first-order chi connectivity index (χ1) is 12.6. The predicted molar refractivity (Wildman–Crippen MR) is 98.0 cm³/mol. The first-order valence-electron chi connectivity index (χ1n) is 8.98. The number of piperidine rings is 1. The summed E-state index contributed by atoms with van der Waals surface area (Å²) < 4.78 is 1.32. The summed E-state index contributed by atoms with van der Waals surface area (Å²) in [4.78, 5) is 25.6. The molecule has 1 saturated heterocycles. The van der Waals surface area contributed by atoms with Gasteiger partial charge < -0.3 is 10.4 Å². The molecule has 0 saturated carbocycles. The molecule has 1 fully saturated rings. The van der Waals surface area contributed by atoms with Gasteiger partial charge in [-0.2, -0.15) is 5.10 Å². The van der Waals surface area contributed by atoms with Gasteiger partial charge in [-0.25, -0.2) is 4.79 Å². The fourth-order valence-electron chi connectivity index (χ4n) is 3.19. The SMILES string of the molecule is O=C(CCn1nccc1C(=O)O)Nc1ccc(CN2CCCCC2)cc1. The van der Waals surface area contributed by atoms with Crippen LogP contribution in [-0.4, -0.2) is 44.8 Å². The highest BCUT2D eigenvalue weighted by molar-refractivity contribution is 5.90. The number of anilines is 1. The summed E-state index contributed by atoms with van der Waals surface area (Å²) in [7, 11) is 0. The van der Waals surface area contributed by atoms with Crippen LogP contribution in [0.5, 0.6) is 0 Å². The normalized spacial score (nSPS) is 14.9. The van der Waals surface area contributed by atoms with Crippen LogP contribution in [0.2, 0.25) is 0 Å². The number of carbonyl (C=O) groups excluding carboxylic acids is 1. The molecule has 1 aliphatic heterocycles. The zero-order chi connectivity index (χ0) is 18.4. The molecule has 0 radical (unpaired) electrons. The third-order valence-electron chi connectivity index (χ3n) is 4.58. The lowest BCUT2D eigenvalue weighted by atomic mass is 10.1. The van der Waals surface area contributed by atoms with Gasteiger partial charge in [0, 0.05) is 24.8 Å². The molecule has 1 aromatic carbocycles. The van der Waals surface area contributed by atoms with E-state index in [1.165, 1.54) is 41.8 Å². The molecule has 0 spiro atoms. The van der Waals surface area contributed by atoms with Gasteiger partial charge in [-0.05, 0) is 49.7 Å². The molecule has 3 rings (SSSR count). The second kappa shape index (κ2) is 8.62. The van der Waals surface area contributed by atoms with E-state index in [2.05, 4.69) is 15.3 Å². The third kappa shape index (κ3) is 4.92. The van der Waals surface area contributed by atoms with Crippen molar-refractivity contribution >= 4 is 17.6 Å². The summed E-state index contributed by atoms with van der Waals surface area (Å²) in [5, 5.41) is 15.8. The van der Waals surface area contributed by atoms with Crippen LogP contribution in [0.4, 0.5) is 5.69 Å². The number of aromatic carboxylic acids is 1. The van der Waals surface area contributed by atoms with Gasteiger partial charge in [0.15, 0.2) is 0 Å². The summed E-state index contributed by atoms with van der Waals surface area (Å²) in [6.45, 7) is 3.49. The van der Waals surface area contributed by atoms with E-state index in [-0.39, 0.29) is 24.6 Å². The average molecular weight is 356 g/mol. The van der Waals surface area contributed by atoms with Crippen LogP contribution in [0.3, 0.4) is 0 Å². The highest BCUT2D eigenvalue weighted by Gasteiger charge is 2.12. The van der Waals surface area contributed by atoms with Crippen molar-refractivity contribution in [1.29, 1.82) is 0 Å². The molecule has 2 heterocycles. The number of amides is 1. The topological polar surface area (TPSA) is 87.5 Å². The highest BCUT2D eigenvalue weighted by Crippen LogP contribution is 2.15. The summed E-state index contributed by atoms with van der Waals surface area (Å²) in [5.41, 5.74) is 2.07. The number of nitrogens with one attached hydrogen (secondary N) is 1. The number of carboxylic acid groups (broad SMARTS) is 1. The molecular weight excluding hydrogens is 332 g/mol. The molecular formula is C19H24N4O3. The Labute approximate surface area is 152 Å². The predicted octanol–water partition coefficient (Wildman–Crippen LogP) is 2.60. The standard InChI is InChI=1S/C19H24N4O3/c24-18(9-13-23-17(19(25)26)8-10-20-23)21-16-6-4-15(5-7-16)14-22-11-2-1-3-12-22/h4-8,10H,1-3,9,11-14H2,(H,21,24)(H,25,26). The lowest BCUT2D eigenvalue weighted by molar-refractivity contribution is -0.116. The minimum Gasteiger partial charge on any atom is -0.477 e. The number of benzene rings is 1. The zero-order valence-electron chi connectivity index (χ0n) is 14.7. The maximum Gasteiger partial charge on any atom is 0.354 e. The Morgan fingerprint density at radius 3 is 2.50 bits per heavy atom. The molecule has 138 valence electrons. The minimum absolute atomic E-state index is 0.0832. The Balaban J connectivity index is 1.48. The van der Waals surface area contributed by atoms with E-state index in [1.807, 2.05) is 24.3 Å². The monoisotopic (exact) mass is 356 g/mol. The van der Waals surface area contributed by atoms with Gasteiger partial charge in [0.1, 0.15) is 5.69 Å². The van der Waals surface area contributed by atoms with Gasteiger partial charge in [-0.3, -0.25) is 14.4 Å². The Hall–Kier alpha value is -2.67. The van der Waals surface area contributed by atoms with Crippen LogP contribution in [0.15, 0.2) is 36.5 Å². The number of rotatable bonds is 7. The summed E-state index contributed by atoms with van der Waals surface area (Å²) in [6, 6.07) is 9.32. The van der Waals surface area contributed by atoms with Crippen LogP contribution in [-0.2, 0) is 17.9 Å². The molecule has 2 N–H and O–H groups in total. The van der Waals surface area contributed by atoms with Crippen LogP contribution in [0.25, 0.3) is 0 Å². The first kappa shape index (κ1) is 18.1. The van der Waals surface area contributed by atoms with Crippen molar-refractivity contribution in [2.45, 2.75) is 38.8 Å². The molecule has 26 heavy (non-hydrogen) atoms. The van der Waals surface area contributed by atoms with Gasteiger partial charge in [0.05, 0.1) is 6.54 Å². The Kier molecular flexibility index (Phi) is 6.01. The van der Waals surface area contributed by atoms with Crippen molar-refractivity contribution < 1.29 is 14.7 Å². The molecule has 2 aromatic rings. The Morgan fingerprint density at radius 2 is 1.81 bits per heavy atom. The molecule has 0 bridgehead atoms. The van der Waals surface area contributed by atoms with Gasteiger partial charge in [-0.15, -0.1) is 0 Å². The minimum atomic E-state index is -1.05. The maximum absolute atomic E-state index is 12.1. The molecule has 0 atom stereocenters. The number of hydrogen-bond donors (Lipinski definition) is 2. The van der Waals surface area contributed by atoms with E-state index in [0.717, 1.165) is 25.3 Å². The quantitative estimate of drug-likeness (QED) is 0.796. The molecule has 7 nitrogen and oxygen atoms in total. The van der Waals surface area contributed by atoms with Crippen LogP contribution < -0.4 is 5.32 Å². The summed E-state index contributed by atoms with van der Waals surface area (Å²) >= 11 is 0. The maximum atomic E-state index is 12.1. The number of aryl methyl sites for hydroxylation is 1. The van der Waals surface area contributed by atoms with Crippen LogP contribution in [0.1, 0.15) is 41.7 Å². The number of carboxylic acids is 1. The van der Waals surface area contributed by atoms with Crippen molar-refractivity contribution in [3.05, 3.63) is 47.8 Å². The van der Waals surface area contributed by atoms with Crippen molar-refractivity contribution in [3.8, 4) is 0 Å². The molecule has 7 heteroatoms. The van der Waals surface area contributed by atoms with Crippen LogP contribution in [0, 0.1) is 0 Å². The van der Waals surface area contributed by atoms with E-state index in [1.54, 1.807) is 0 Å². The lowest BCUT2D eigenvalue weighted by Crippen LogP contribution is -2.29. The Morgan fingerprint density at radius 1 is 1.08 bits per heavy atom. The van der Waals surface area contributed by atoms with Gasteiger partial charge in [0.2, 0.25) is 5.91 Å². The van der Waals surface area contributed by atoms with Crippen molar-refractivity contribution in [2.24, 2.45) is 0 Å². The lowest BCUT2D eigenvalue weighted by Gasteiger charge is -2.26.